The lowest BCUT2D eigenvalue weighted by atomic mass is 10.1. The van der Waals surface area contributed by atoms with Gasteiger partial charge in [0, 0.05) is 20.2 Å². The molecule has 0 radical (unpaired) electrons. The topological polar surface area (TPSA) is 91.7 Å². The second kappa shape index (κ2) is 9.78. The van der Waals surface area contributed by atoms with E-state index in [1.54, 1.807) is 62.6 Å². The largest absolute Gasteiger partial charge is 0.493 e. The Hall–Kier alpha value is -3.79. The van der Waals surface area contributed by atoms with Gasteiger partial charge in [0.1, 0.15) is 6.07 Å². The highest BCUT2D eigenvalue weighted by Crippen LogP contribution is 2.28. The highest BCUT2D eigenvalue weighted by molar-refractivity contribution is 6.07. The average molecular weight is 379 g/mol. The molecule has 0 unspecified atom stereocenters. The fraction of sp³-hybridized carbons (Fsp3) is 0.190. The minimum absolute atomic E-state index is 0.0843. The Morgan fingerprint density at radius 2 is 1.93 bits per heavy atom. The molecule has 7 heteroatoms. The molecule has 7 nitrogen and oxygen atoms in total. The van der Waals surface area contributed by atoms with Crippen molar-refractivity contribution in [3.05, 3.63) is 59.7 Å². The van der Waals surface area contributed by atoms with E-state index in [4.69, 9.17) is 14.7 Å². The van der Waals surface area contributed by atoms with Gasteiger partial charge >= 0.3 is 0 Å². The van der Waals surface area contributed by atoms with Crippen LogP contribution in [0.4, 0.5) is 5.69 Å². The Bertz CT molecular complexity index is 929. The van der Waals surface area contributed by atoms with Crippen molar-refractivity contribution in [2.45, 2.75) is 0 Å². The molecule has 0 aromatic heterocycles. The Kier molecular flexibility index (Phi) is 7.17. The zero-order valence-electron chi connectivity index (χ0n) is 15.9. The second-order valence-corrected chi connectivity index (χ2v) is 5.92. The Morgan fingerprint density at radius 3 is 2.61 bits per heavy atom. The molecule has 0 heterocycles. The number of methoxy groups -OCH3 is 1. The predicted molar refractivity (Wildman–Crippen MR) is 106 cm³/mol. The van der Waals surface area contributed by atoms with Crippen LogP contribution in [0.3, 0.4) is 0 Å². The van der Waals surface area contributed by atoms with Crippen molar-refractivity contribution in [3.8, 4) is 17.6 Å². The van der Waals surface area contributed by atoms with Gasteiger partial charge in [-0.05, 0) is 35.9 Å². The van der Waals surface area contributed by atoms with E-state index in [9.17, 15) is 9.59 Å². The van der Waals surface area contributed by atoms with E-state index >= 15 is 0 Å². The SMILES string of the molecule is COc1cc(/C=C/C(=O)Nc2ccccc2C(=O)N(C)C)ccc1OCC#N. The van der Waals surface area contributed by atoms with Crippen LogP contribution in [-0.2, 0) is 4.79 Å². The molecular formula is C21H21N3O4. The normalized spacial score (nSPS) is 10.2. The van der Waals surface area contributed by atoms with E-state index < -0.39 is 0 Å². The van der Waals surface area contributed by atoms with Gasteiger partial charge in [-0.1, -0.05) is 18.2 Å². The first-order valence-electron chi connectivity index (χ1n) is 8.43. The molecule has 2 rings (SSSR count). The number of nitrogens with zero attached hydrogens (tertiary/aromatic N) is 2. The van der Waals surface area contributed by atoms with Crippen molar-refractivity contribution in [2.24, 2.45) is 0 Å². The van der Waals surface area contributed by atoms with Crippen LogP contribution in [0, 0.1) is 11.3 Å². The van der Waals surface area contributed by atoms with E-state index in [2.05, 4.69) is 5.32 Å². The van der Waals surface area contributed by atoms with Crippen LogP contribution in [0.1, 0.15) is 15.9 Å². The highest BCUT2D eigenvalue weighted by Gasteiger charge is 2.13. The number of carbonyl (C=O) groups is 2. The van der Waals surface area contributed by atoms with Gasteiger partial charge in [0.15, 0.2) is 18.1 Å². The molecule has 0 saturated carbocycles. The van der Waals surface area contributed by atoms with Crippen molar-refractivity contribution in [3.63, 3.8) is 0 Å². The zero-order valence-corrected chi connectivity index (χ0v) is 15.9. The smallest absolute Gasteiger partial charge is 0.255 e. The van der Waals surface area contributed by atoms with Crippen LogP contribution in [0.5, 0.6) is 11.5 Å². The van der Waals surface area contributed by atoms with Crippen molar-refractivity contribution < 1.29 is 19.1 Å². The number of nitrogens with one attached hydrogen (secondary N) is 1. The fourth-order valence-electron chi connectivity index (χ4n) is 2.38. The summed E-state index contributed by atoms with van der Waals surface area (Å²) in [6.45, 7) is -0.0843. The molecule has 0 aliphatic heterocycles. The fourth-order valence-corrected chi connectivity index (χ4v) is 2.38. The van der Waals surface area contributed by atoms with Crippen LogP contribution in [0.25, 0.3) is 6.08 Å². The molecule has 0 spiro atoms. The molecule has 2 aromatic rings. The molecule has 0 fully saturated rings. The third-order valence-corrected chi connectivity index (χ3v) is 3.73. The lowest BCUT2D eigenvalue weighted by Crippen LogP contribution is -2.23. The van der Waals surface area contributed by atoms with E-state index in [-0.39, 0.29) is 18.4 Å². The van der Waals surface area contributed by atoms with Crippen molar-refractivity contribution in [1.29, 1.82) is 5.26 Å². The Labute approximate surface area is 163 Å². The van der Waals surface area contributed by atoms with Crippen LogP contribution < -0.4 is 14.8 Å². The highest BCUT2D eigenvalue weighted by atomic mass is 16.5. The van der Waals surface area contributed by atoms with Gasteiger partial charge in [-0.15, -0.1) is 0 Å². The number of anilines is 1. The first kappa shape index (κ1) is 20.5. The maximum atomic E-state index is 12.3. The van der Waals surface area contributed by atoms with E-state index in [1.165, 1.54) is 18.1 Å². The van der Waals surface area contributed by atoms with Crippen LogP contribution >= 0.6 is 0 Å². The number of amides is 2. The third-order valence-electron chi connectivity index (χ3n) is 3.73. The van der Waals surface area contributed by atoms with Gasteiger partial charge in [-0.25, -0.2) is 0 Å². The summed E-state index contributed by atoms with van der Waals surface area (Å²) < 4.78 is 10.5. The molecule has 144 valence electrons. The van der Waals surface area contributed by atoms with E-state index in [1.807, 2.05) is 6.07 Å². The van der Waals surface area contributed by atoms with Crippen LogP contribution in [0.2, 0.25) is 0 Å². The molecule has 0 atom stereocenters. The minimum atomic E-state index is -0.372. The summed E-state index contributed by atoms with van der Waals surface area (Å²) in [6.07, 6.45) is 2.98. The first-order valence-corrected chi connectivity index (χ1v) is 8.43. The number of hydrogen-bond donors (Lipinski definition) is 1. The summed E-state index contributed by atoms with van der Waals surface area (Å²) >= 11 is 0. The molecule has 1 N–H and O–H groups in total. The number of ether oxygens (including phenoxy) is 2. The Balaban J connectivity index is 2.13. The number of rotatable bonds is 7. The van der Waals surface area contributed by atoms with E-state index in [0.717, 1.165) is 0 Å². The molecular weight excluding hydrogens is 358 g/mol. The summed E-state index contributed by atoms with van der Waals surface area (Å²) in [7, 11) is 4.80. The summed E-state index contributed by atoms with van der Waals surface area (Å²) in [5.74, 6) is 0.335. The first-order chi connectivity index (χ1) is 13.5. The van der Waals surface area contributed by atoms with Gasteiger partial charge in [0.05, 0.1) is 18.4 Å². The van der Waals surface area contributed by atoms with E-state index in [0.29, 0.717) is 28.3 Å². The number of hydrogen-bond acceptors (Lipinski definition) is 5. The minimum Gasteiger partial charge on any atom is -0.493 e. The lowest BCUT2D eigenvalue weighted by Gasteiger charge is -2.14. The van der Waals surface area contributed by atoms with Gasteiger partial charge in [-0.3, -0.25) is 9.59 Å². The summed E-state index contributed by atoms with van der Waals surface area (Å²) in [6, 6.07) is 13.8. The van der Waals surface area contributed by atoms with Gasteiger partial charge in [-0.2, -0.15) is 5.26 Å². The predicted octanol–water partition coefficient (Wildman–Crippen LogP) is 2.95. The number of benzene rings is 2. The van der Waals surface area contributed by atoms with Gasteiger partial charge in [0.2, 0.25) is 5.91 Å². The van der Waals surface area contributed by atoms with Gasteiger partial charge in [0.25, 0.3) is 5.91 Å². The third kappa shape index (κ3) is 5.35. The second-order valence-electron chi connectivity index (χ2n) is 5.92. The zero-order chi connectivity index (χ0) is 20.5. The molecule has 0 aliphatic carbocycles. The van der Waals surface area contributed by atoms with Crippen LogP contribution in [0.15, 0.2) is 48.5 Å². The van der Waals surface area contributed by atoms with Crippen molar-refractivity contribution in [2.75, 3.05) is 33.1 Å². The van der Waals surface area contributed by atoms with Crippen molar-refractivity contribution >= 4 is 23.6 Å². The average Bonchev–Trinajstić information content (AvgIpc) is 2.70. The molecule has 0 saturated heterocycles. The summed E-state index contributed by atoms with van der Waals surface area (Å²) in [5, 5.41) is 11.3. The monoisotopic (exact) mass is 379 g/mol. The molecule has 2 aromatic carbocycles. The quantitative estimate of drug-likeness (QED) is 0.747. The number of para-hydroxylation sites is 1. The lowest BCUT2D eigenvalue weighted by molar-refractivity contribution is -0.111. The maximum absolute atomic E-state index is 12.3. The molecule has 0 bridgehead atoms. The van der Waals surface area contributed by atoms with Crippen molar-refractivity contribution in [1.82, 2.24) is 4.90 Å². The van der Waals surface area contributed by atoms with Crippen LogP contribution in [-0.4, -0.2) is 44.5 Å². The molecule has 0 aliphatic rings. The standard InChI is InChI=1S/C21H21N3O4/c1-24(2)21(26)16-6-4-5-7-17(16)23-20(25)11-9-15-8-10-18(28-13-12-22)19(14-15)27-3/h4-11,14H,13H2,1-3H3,(H,23,25)/b11-9+. The Morgan fingerprint density at radius 1 is 1.18 bits per heavy atom. The molecule has 28 heavy (non-hydrogen) atoms. The van der Waals surface area contributed by atoms with Gasteiger partial charge < -0.3 is 19.7 Å². The number of carbonyl (C=O) groups excluding carboxylic acids is 2. The number of nitriles is 1. The maximum Gasteiger partial charge on any atom is 0.255 e. The summed E-state index contributed by atoms with van der Waals surface area (Å²) in [4.78, 5) is 25.9. The summed E-state index contributed by atoms with van der Waals surface area (Å²) in [5.41, 5.74) is 1.57. The molecule has 2 amide bonds.